The minimum atomic E-state index is 0.462. The third-order valence-corrected chi connectivity index (χ3v) is 6.37. The zero-order valence-electron chi connectivity index (χ0n) is 14.7. The summed E-state index contributed by atoms with van der Waals surface area (Å²) >= 11 is 3.52. The van der Waals surface area contributed by atoms with Crippen LogP contribution in [0.4, 0.5) is 10.8 Å². The molecule has 0 saturated carbocycles. The Kier molecular flexibility index (Phi) is 5.41. The van der Waals surface area contributed by atoms with Crippen molar-refractivity contribution in [2.75, 3.05) is 22.9 Å². The van der Waals surface area contributed by atoms with Crippen molar-refractivity contribution in [1.82, 2.24) is 4.98 Å². The van der Waals surface area contributed by atoms with E-state index < -0.39 is 0 Å². The van der Waals surface area contributed by atoms with Gasteiger partial charge in [-0.2, -0.15) is 0 Å². The molecule has 0 fully saturated rings. The summed E-state index contributed by atoms with van der Waals surface area (Å²) in [6, 6.07) is 17.3. The number of hydrogen-bond acceptors (Lipinski definition) is 6. The van der Waals surface area contributed by atoms with Crippen LogP contribution in [0.2, 0.25) is 0 Å². The van der Waals surface area contributed by atoms with Gasteiger partial charge in [0.15, 0.2) is 10.3 Å². The number of anilines is 2. The average molecular weight is 383 g/mol. The van der Waals surface area contributed by atoms with Gasteiger partial charge in [0.2, 0.25) is 0 Å². The number of amidine groups is 1. The minimum Gasteiger partial charge on any atom is -0.361 e. The molecule has 0 spiro atoms. The highest BCUT2D eigenvalue weighted by Gasteiger charge is 2.16. The number of nitrogens with one attached hydrogen (secondary N) is 2. The first-order chi connectivity index (χ1) is 12.8. The molecule has 1 atom stereocenters. The van der Waals surface area contributed by atoms with Gasteiger partial charge in [0.25, 0.3) is 0 Å². The second kappa shape index (κ2) is 8.10. The molecule has 4 rings (SSSR count). The maximum atomic E-state index is 4.70. The second-order valence-corrected chi connectivity index (χ2v) is 8.34. The monoisotopic (exact) mass is 382 g/mol. The molecule has 6 heteroatoms. The highest BCUT2D eigenvalue weighted by atomic mass is 32.2. The van der Waals surface area contributed by atoms with Crippen LogP contribution >= 0.6 is 23.1 Å². The highest BCUT2D eigenvalue weighted by molar-refractivity contribution is 8.14. The fourth-order valence-corrected chi connectivity index (χ4v) is 4.85. The Balaban J connectivity index is 1.33. The standard InChI is InChI=1S/C20H22N4S2/c1-2-15-13-25-20(22-15)23-16-7-5-6-14(12-16)10-11-21-19-24-17-8-3-4-9-18(17)26-19/h3-9,12,15H,2,10-11,13H2,1H3,(H,21,24)(H,22,23). The van der Waals surface area contributed by atoms with E-state index in [1.807, 2.05) is 17.8 Å². The zero-order chi connectivity index (χ0) is 17.8. The average Bonchev–Trinajstić information content (AvgIpc) is 3.28. The van der Waals surface area contributed by atoms with Crippen LogP contribution in [0, 0.1) is 0 Å². The lowest BCUT2D eigenvalue weighted by Crippen LogP contribution is -2.07. The Morgan fingerprint density at radius 1 is 1.15 bits per heavy atom. The fourth-order valence-electron chi connectivity index (χ4n) is 2.88. The predicted octanol–water partition coefficient (Wildman–Crippen LogP) is 5.24. The van der Waals surface area contributed by atoms with Gasteiger partial charge in [-0.15, -0.1) is 0 Å². The lowest BCUT2D eigenvalue weighted by Gasteiger charge is -2.08. The normalized spacial score (nSPS) is 16.7. The Labute approximate surface area is 162 Å². The van der Waals surface area contributed by atoms with Gasteiger partial charge in [0, 0.05) is 18.0 Å². The number of nitrogens with zero attached hydrogens (tertiary/aromatic N) is 2. The van der Waals surface area contributed by atoms with Crippen LogP contribution in [0.5, 0.6) is 0 Å². The highest BCUT2D eigenvalue weighted by Crippen LogP contribution is 2.25. The SMILES string of the molecule is CCC1CSC(Nc2cccc(CCNc3nc4ccccc4s3)c2)=N1. The van der Waals surface area contributed by atoms with Crippen molar-refractivity contribution in [3.63, 3.8) is 0 Å². The quantitative estimate of drug-likeness (QED) is 0.612. The van der Waals surface area contributed by atoms with Crippen LogP contribution < -0.4 is 10.6 Å². The number of thioether (sulfide) groups is 1. The molecule has 0 aliphatic carbocycles. The molecule has 0 amide bonds. The molecule has 0 bridgehead atoms. The first kappa shape index (κ1) is 17.4. The Bertz CT molecular complexity index is 886. The Morgan fingerprint density at radius 3 is 2.92 bits per heavy atom. The minimum absolute atomic E-state index is 0.462. The largest absolute Gasteiger partial charge is 0.361 e. The van der Waals surface area contributed by atoms with E-state index >= 15 is 0 Å². The maximum Gasteiger partial charge on any atom is 0.183 e. The van der Waals surface area contributed by atoms with Crippen molar-refractivity contribution in [2.24, 2.45) is 4.99 Å². The van der Waals surface area contributed by atoms with Crippen LogP contribution in [0.25, 0.3) is 10.2 Å². The van der Waals surface area contributed by atoms with Crippen molar-refractivity contribution >= 4 is 49.3 Å². The van der Waals surface area contributed by atoms with Crippen molar-refractivity contribution in [2.45, 2.75) is 25.8 Å². The number of rotatable bonds is 6. The van der Waals surface area contributed by atoms with Crippen LogP contribution in [-0.2, 0) is 6.42 Å². The van der Waals surface area contributed by atoms with E-state index in [4.69, 9.17) is 4.99 Å². The van der Waals surface area contributed by atoms with Crippen molar-refractivity contribution in [3.05, 3.63) is 54.1 Å². The van der Waals surface area contributed by atoms with Crippen LogP contribution in [0.1, 0.15) is 18.9 Å². The number of benzene rings is 2. The van der Waals surface area contributed by atoms with Gasteiger partial charge < -0.3 is 10.6 Å². The summed E-state index contributed by atoms with van der Waals surface area (Å²) < 4.78 is 1.22. The van der Waals surface area contributed by atoms with E-state index in [1.54, 1.807) is 11.3 Å². The summed E-state index contributed by atoms with van der Waals surface area (Å²) in [6.45, 7) is 3.06. The van der Waals surface area contributed by atoms with E-state index in [2.05, 4.69) is 65.0 Å². The number of thiazole rings is 1. The summed E-state index contributed by atoms with van der Waals surface area (Å²) in [5.74, 6) is 1.09. The third kappa shape index (κ3) is 4.19. The van der Waals surface area contributed by atoms with E-state index in [9.17, 15) is 0 Å². The summed E-state index contributed by atoms with van der Waals surface area (Å²) in [5.41, 5.74) is 3.48. The van der Waals surface area contributed by atoms with Gasteiger partial charge in [-0.1, -0.05) is 54.3 Å². The zero-order valence-corrected chi connectivity index (χ0v) is 16.4. The Hall–Kier alpha value is -2.05. The smallest absolute Gasteiger partial charge is 0.183 e. The number of hydrogen-bond donors (Lipinski definition) is 2. The molecule has 1 unspecified atom stereocenters. The van der Waals surface area contributed by atoms with E-state index in [1.165, 1.54) is 10.3 Å². The van der Waals surface area contributed by atoms with Gasteiger partial charge in [-0.25, -0.2) is 4.98 Å². The molecule has 2 heterocycles. The molecule has 26 heavy (non-hydrogen) atoms. The molecule has 0 radical (unpaired) electrons. The first-order valence-electron chi connectivity index (χ1n) is 8.96. The molecular weight excluding hydrogens is 360 g/mol. The molecule has 1 aromatic heterocycles. The van der Waals surface area contributed by atoms with Gasteiger partial charge >= 0.3 is 0 Å². The molecule has 1 aliphatic rings. The molecule has 2 N–H and O–H groups in total. The number of aromatic nitrogens is 1. The lowest BCUT2D eigenvalue weighted by atomic mass is 10.1. The lowest BCUT2D eigenvalue weighted by molar-refractivity contribution is 0.738. The molecule has 1 aliphatic heterocycles. The van der Waals surface area contributed by atoms with Gasteiger partial charge in [-0.05, 0) is 42.7 Å². The first-order valence-corrected chi connectivity index (χ1v) is 10.8. The number of fused-ring (bicyclic) bond motifs is 1. The third-order valence-electron chi connectivity index (χ3n) is 4.35. The predicted molar refractivity (Wildman–Crippen MR) is 116 cm³/mol. The van der Waals surface area contributed by atoms with Crippen LogP contribution in [0.15, 0.2) is 53.5 Å². The van der Waals surface area contributed by atoms with Crippen molar-refractivity contribution < 1.29 is 0 Å². The van der Waals surface area contributed by atoms with Gasteiger partial charge in [-0.3, -0.25) is 4.99 Å². The van der Waals surface area contributed by atoms with Gasteiger partial charge in [0.1, 0.15) is 0 Å². The molecule has 3 aromatic rings. The maximum absolute atomic E-state index is 4.70. The van der Waals surface area contributed by atoms with Crippen LogP contribution in [0.3, 0.4) is 0 Å². The summed E-state index contributed by atoms with van der Waals surface area (Å²) in [5, 5.41) is 8.93. The molecule has 4 nitrogen and oxygen atoms in total. The number of para-hydroxylation sites is 1. The van der Waals surface area contributed by atoms with E-state index in [0.29, 0.717) is 6.04 Å². The van der Waals surface area contributed by atoms with E-state index in [0.717, 1.165) is 46.6 Å². The molecule has 0 saturated heterocycles. The molecule has 134 valence electrons. The second-order valence-electron chi connectivity index (χ2n) is 6.30. The van der Waals surface area contributed by atoms with Crippen molar-refractivity contribution in [3.8, 4) is 0 Å². The van der Waals surface area contributed by atoms with Crippen molar-refractivity contribution in [1.29, 1.82) is 0 Å². The Morgan fingerprint density at radius 2 is 2.08 bits per heavy atom. The van der Waals surface area contributed by atoms with Crippen LogP contribution in [-0.4, -0.2) is 28.5 Å². The molecule has 2 aromatic carbocycles. The number of aliphatic imine (C=N–C) groups is 1. The molecular formula is C20H22N4S2. The van der Waals surface area contributed by atoms with Gasteiger partial charge in [0.05, 0.1) is 16.3 Å². The summed E-state index contributed by atoms with van der Waals surface area (Å²) in [6.07, 6.45) is 2.07. The van der Waals surface area contributed by atoms with E-state index in [-0.39, 0.29) is 0 Å². The summed E-state index contributed by atoms with van der Waals surface area (Å²) in [4.78, 5) is 9.32. The fraction of sp³-hybridized carbons (Fsp3) is 0.300. The topological polar surface area (TPSA) is 49.3 Å². The summed E-state index contributed by atoms with van der Waals surface area (Å²) in [7, 11) is 0.